The molecule has 0 saturated heterocycles. The van der Waals surface area contributed by atoms with E-state index in [-0.39, 0.29) is 18.9 Å². The average molecular weight is 117 g/mol. The van der Waals surface area contributed by atoms with Crippen molar-refractivity contribution in [2.45, 2.75) is 12.8 Å². The summed E-state index contributed by atoms with van der Waals surface area (Å²) in [4.78, 5) is 10.3. The molecule has 0 aromatic carbocycles. The van der Waals surface area contributed by atoms with Crippen molar-refractivity contribution in [3.05, 3.63) is 0 Å². The maximum atomic E-state index is 10.3. The van der Waals surface area contributed by atoms with Gasteiger partial charge in [-0.1, -0.05) is 0 Å². The molecule has 0 bridgehead atoms. The van der Waals surface area contributed by atoms with Gasteiger partial charge >= 0.3 is 0 Å². The van der Waals surface area contributed by atoms with Gasteiger partial charge in [-0.15, -0.1) is 0 Å². The Hall–Kier alpha value is -0.410. The van der Waals surface area contributed by atoms with Crippen LogP contribution in [0.25, 0.3) is 0 Å². The molecule has 0 spiro atoms. The molecule has 0 unspecified atom stereocenters. The number of hydrogen-bond donors (Lipinski definition) is 2. The van der Waals surface area contributed by atoms with E-state index in [1.807, 2.05) is 0 Å². The van der Waals surface area contributed by atoms with Crippen molar-refractivity contribution in [3.8, 4) is 0 Å². The fourth-order valence-corrected chi connectivity index (χ4v) is 0.378. The molecule has 0 rings (SSSR count). The lowest BCUT2D eigenvalue weighted by molar-refractivity contribution is -0.118. The van der Waals surface area contributed by atoms with Gasteiger partial charge in [-0.25, -0.2) is 0 Å². The van der Waals surface area contributed by atoms with E-state index in [4.69, 9.17) is 10.8 Å². The second kappa shape index (κ2) is 4.74. The van der Waals surface area contributed by atoms with Crippen LogP contribution < -0.4 is 5.73 Å². The molecule has 0 aromatic heterocycles. The first-order valence-corrected chi connectivity index (χ1v) is 2.64. The molecule has 0 saturated carbocycles. The summed E-state index contributed by atoms with van der Waals surface area (Å²) in [5, 5.41) is 8.22. The highest BCUT2D eigenvalue weighted by Gasteiger charge is 1.94. The normalized spacial score (nSPS) is 9.25. The molecule has 0 atom stereocenters. The van der Waals surface area contributed by atoms with E-state index < -0.39 is 0 Å². The van der Waals surface area contributed by atoms with Crippen LogP contribution in [0.4, 0.5) is 0 Å². The lowest BCUT2D eigenvalue weighted by Gasteiger charge is -1.91. The molecule has 0 amide bonds. The molecule has 0 heterocycles. The van der Waals surface area contributed by atoms with Crippen molar-refractivity contribution < 1.29 is 9.90 Å². The number of ketones is 1. The molecule has 0 aliphatic rings. The van der Waals surface area contributed by atoms with Crippen LogP contribution >= 0.6 is 0 Å². The molecule has 3 heteroatoms. The van der Waals surface area contributed by atoms with Gasteiger partial charge in [0.1, 0.15) is 5.78 Å². The lowest BCUT2D eigenvalue weighted by Crippen LogP contribution is -2.13. The first kappa shape index (κ1) is 7.59. The molecular weight excluding hydrogens is 106 g/mol. The number of Topliss-reactive ketones (excluding diaryl/α,β-unsaturated/α-hetero) is 1. The van der Waals surface area contributed by atoms with E-state index in [1.54, 1.807) is 0 Å². The molecule has 0 aliphatic carbocycles. The zero-order valence-corrected chi connectivity index (χ0v) is 4.76. The molecular formula is C5H11NO2. The van der Waals surface area contributed by atoms with Crippen LogP contribution in [0.1, 0.15) is 12.8 Å². The monoisotopic (exact) mass is 117 g/mol. The summed E-state index contributed by atoms with van der Waals surface area (Å²) in [6.45, 7) is 0.172. The van der Waals surface area contributed by atoms with Crippen LogP contribution in [0, 0.1) is 0 Å². The van der Waals surface area contributed by atoms with Crippen molar-refractivity contribution in [2.75, 3.05) is 13.2 Å². The van der Waals surface area contributed by atoms with Crippen molar-refractivity contribution >= 4 is 5.78 Å². The first-order chi connectivity index (χ1) is 3.81. The number of carbonyl (C=O) groups excluding carboxylic acids is 1. The van der Waals surface area contributed by atoms with Gasteiger partial charge in [0, 0.05) is 13.0 Å². The highest BCUT2D eigenvalue weighted by molar-refractivity contribution is 5.80. The largest absolute Gasteiger partial charge is 0.396 e. The van der Waals surface area contributed by atoms with Gasteiger partial charge in [-0.05, 0) is 6.42 Å². The summed E-state index contributed by atoms with van der Waals surface area (Å²) < 4.78 is 0. The van der Waals surface area contributed by atoms with Gasteiger partial charge in [0.15, 0.2) is 0 Å². The first-order valence-electron chi connectivity index (χ1n) is 2.64. The Morgan fingerprint density at radius 2 is 2.25 bits per heavy atom. The van der Waals surface area contributed by atoms with E-state index in [1.165, 1.54) is 0 Å². The highest BCUT2D eigenvalue weighted by atomic mass is 16.3. The quantitative estimate of drug-likeness (QED) is 0.511. The maximum absolute atomic E-state index is 10.3. The SMILES string of the molecule is NCC(=O)CCCO. The summed E-state index contributed by atoms with van der Waals surface area (Å²) in [7, 11) is 0. The van der Waals surface area contributed by atoms with Crippen LogP contribution in [0.15, 0.2) is 0 Å². The summed E-state index contributed by atoms with van der Waals surface area (Å²) >= 11 is 0. The lowest BCUT2D eigenvalue weighted by atomic mass is 10.2. The maximum Gasteiger partial charge on any atom is 0.146 e. The Balaban J connectivity index is 2.99. The summed E-state index contributed by atoms with van der Waals surface area (Å²) in [6.07, 6.45) is 0.947. The Kier molecular flexibility index (Phi) is 4.50. The third-order valence-corrected chi connectivity index (χ3v) is 0.841. The van der Waals surface area contributed by atoms with Crippen molar-refractivity contribution in [1.82, 2.24) is 0 Å². The average Bonchev–Trinajstić information content (AvgIpc) is 1.83. The van der Waals surface area contributed by atoms with Crippen molar-refractivity contribution in [1.29, 1.82) is 0 Å². The molecule has 3 N–H and O–H groups in total. The van der Waals surface area contributed by atoms with E-state index in [0.717, 1.165) is 0 Å². The minimum Gasteiger partial charge on any atom is -0.396 e. The number of aliphatic hydroxyl groups excluding tert-OH is 1. The predicted octanol–water partition coefficient (Wildman–Crippen LogP) is -0.713. The minimum absolute atomic E-state index is 0.0130. The van der Waals surface area contributed by atoms with E-state index >= 15 is 0 Å². The summed E-state index contributed by atoms with van der Waals surface area (Å²) in [5.74, 6) is 0.0130. The number of carbonyl (C=O) groups is 1. The van der Waals surface area contributed by atoms with Crippen LogP contribution in [0.5, 0.6) is 0 Å². The van der Waals surface area contributed by atoms with Gasteiger partial charge in [-0.2, -0.15) is 0 Å². The van der Waals surface area contributed by atoms with Crippen molar-refractivity contribution in [2.24, 2.45) is 5.73 Å². The Bertz CT molecular complexity index is 72.8. The van der Waals surface area contributed by atoms with Crippen LogP contribution in [0.3, 0.4) is 0 Å². The number of nitrogens with two attached hydrogens (primary N) is 1. The van der Waals surface area contributed by atoms with Crippen molar-refractivity contribution in [3.63, 3.8) is 0 Å². The molecule has 0 aliphatic heterocycles. The van der Waals surface area contributed by atoms with Crippen LogP contribution in [-0.4, -0.2) is 24.0 Å². The van der Waals surface area contributed by atoms with E-state index in [9.17, 15) is 4.79 Å². The summed E-state index contributed by atoms with van der Waals surface area (Å²) in [5.41, 5.74) is 4.98. The van der Waals surface area contributed by atoms with Crippen LogP contribution in [0.2, 0.25) is 0 Å². The molecule has 8 heavy (non-hydrogen) atoms. The smallest absolute Gasteiger partial charge is 0.146 e. The third kappa shape index (κ3) is 3.77. The zero-order chi connectivity index (χ0) is 6.41. The van der Waals surface area contributed by atoms with E-state index in [0.29, 0.717) is 12.8 Å². The van der Waals surface area contributed by atoms with Crippen LogP contribution in [-0.2, 0) is 4.79 Å². The summed E-state index contributed by atoms with van der Waals surface area (Å²) in [6, 6.07) is 0. The predicted molar refractivity (Wildman–Crippen MR) is 30.4 cm³/mol. The minimum atomic E-state index is 0.0130. The van der Waals surface area contributed by atoms with Gasteiger partial charge in [0.05, 0.1) is 6.54 Å². The fraction of sp³-hybridized carbons (Fsp3) is 0.800. The van der Waals surface area contributed by atoms with Gasteiger partial charge in [0.25, 0.3) is 0 Å². The molecule has 48 valence electrons. The van der Waals surface area contributed by atoms with Gasteiger partial charge in [-0.3, -0.25) is 4.79 Å². The second-order valence-electron chi connectivity index (χ2n) is 1.57. The van der Waals surface area contributed by atoms with E-state index in [2.05, 4.69) is 0 Å². The highest BCUT2D eigenvalue weighted by Crippen LogP contribution is 1.85. The molecule has 0 aromatic rings. The number of aliphatic hydroxyl groups is 1. The number of hydrogen-bond acceptors (Lipinski definition) is 3. The van der Waals surface area contributed by atoms with Gasteiger partial charge < -0.3 is 10.8 Å². The molecule has 3 nitrogen and oxygen atoms in total. The zero-order valence-electron chi connectivity index (χ0n) is 4.76. The Morgan fingerprint density at radius 1 is 1.62 bits per heavy atom. The third-order valence-electron chi connectivity index (χ3n) is 0.841. The molecule has 0 fully saturated rings. The number of rotatable bonds is 4. The standard InChI is InChI=1S/C5H11NO2/c6-4-5(8)2-1-3-7/h7H,1-4,6H2. The Morgan fingerprint density at radius 3 is 2.62 bits per heavy atom. The topological polar surface area (TPSA) is 63.3 Å². The molecule has 0 radical (unpaired) electrons. The fourth-order valence-electron chi connectivity index (χ4n) is 0.378. The van der Waals surface area contributed by atoms with Gasteiger partial charge in [0.2, 0.25) is 0 Å². The Labute approximate surface area is 48.5 Å². The second-order valence-corrected chi connectivity index (χ2v) is 1.57.